The summed E-state index contributed by atoms with van der Waals surface area (Å²) in [5.74, 6) is 2.82. The lowest BCUT2D eigenvalue weighted by Crippen LogP contribution is -2.34. The van der Waals surface area contributed by atoms with Crippen LogP contribution >= 0.6 is 0 Å². The molecule has 1 atom stereocenters. The van der Waals surface area contributed by atoms with Gasteiger partial charge in [0.15, 0.2) is 5.82 Å². The maximum Gasteiger partial charge on any atom is 0.156 e. The topological polar surface area (TPSA) is 93.1 Å². The van der Waals surface area contributed by atoms with Crippen LogP contribution in [-0.4, -0.2) is 29.2 Å². The zero-order valence-electron chi connectivity index (χ0n) is 19.1. The van der Waals surface area contributed by atoms with Gasteiger partial charge in [0.2, 0.25) is 0 Å². The van der Waals surface area contributed by atoms with Crippen molar-refractivity contribution in [3.05, 3.63) is 95.5 Å². The molecule has 0 saturated carbocycles. The Kier molecular flexibility index (Phi) is 7.37. The van der Waals surface area contributed by atoms with Crippen molar-refractivity contribution in [1.82, 2.24) is 9.97 Å². The molecule has 1 aliphatic heterocycles. The molecular weight excluding hydrogens is 408 g/mol. The van der Waals surface area contributed by atoms with Gasteiger partial charge >= 0.3 is 0 Å². The lowest BCUT2D eigenvalue weighted by molar-refractivity contribution is 0.502. The molecular formula is C27H32N6. The third-order valence-corrected chi connectivity index (χ3v) is 5.80. The Morgan fingerprint density at radius 3 is 2.33 bits per heavy atom. The average Bonchev–Trinajstić information content (AvgIpc) is 2.83. The molecule has 0 amide bonds. The highest BCUT2D eigenvalue weighted by atomic mass is 15.2. The van der Waals surface area contributed by atoms with Crippen LogP contribution in [0.5, 0.6) is 0 Å². The molecule has 1 fully saturated rings. The molecule has 2 aromatic carbocycles. The Morgan fingerprint density at radius 1 is 1.00 bits per heavy atom. The molecule has 5 N–H and O–H groups in total. The fourth-order valence-electron chi connectivity index (χ4n) is 4.16. The van der Waals surface area contributed by atoms with Gasteiger partial charge in [-0.15, -0.1) is 0 Å². The first-order chi connectivity index (χ1) is 16.1. The van der Waals surface area contributed by atoms with Crippen LogP contribution < -0.4 is 21.7 Å². The van der Waals surface area contributed by atoms with Crippen LogP contribution in [0.2, 0.25) is 0 Å². The first-order valence-electron chi connectivity index (χ1n) is 11.4. The van der Waals surface area contributed by atoms with Crippen LogP contribution in [0.25, 0.3) is 12.2 Å². The molecule has 1 aliphatic rings. The number of benzene rings is 2. The molecule has 170 valence electrons. The van der Waals surface area contributed by atoms with E-state index in [2.05, 4.69) is 57.7 Å². The summed E-state index contributed by atoms with van der Waals surface area (Å²) in [7, 11) is 0. The van der Waals surface area contributed by atoms with E-state index in [1.807, 2.05) is 43.3 Å². The molecule has 4 rings (SSSR count). The van der Waals surface area contributed by atoms with E-state index in [9.17, 15) is 0 Å². The van der Waals surface area contributed by atoms with Crippen molar-refractivity contribution in [2.75, 3.05) is 23.3 Å². The van der Waals surface area contributed by atoms with Crippen LogP contribution in [-0.2, 0) is 0 Å². The number of nitrogens with zero attached hydrogens (tertiary/aromatic N) is 3. The highest BCUT2D eigenvalue weighted by Crippen LogP contribution is 2.30. The number of nitrogens with two attached hydrogens (primary N) is 2. The minimum absolute atomic E-state index is 0.424. The van der Waals surface area contributed by atoms with Gasteiger partial charge in [-0.3, -0.25) is 0 Å². The number of rotatable bonds is 7. The number of hydrogen-bond acceptors (Lipinski definition) is 6. The second kappa shape index (κ2) is 10.8. The lowest BCUT2D eigenvalue weighted by Gasteiger charge is -2.33. The summed E-state index contributed by atoms with van der Waals surface area (Å²) in [4.78, 5) is 11.8. The molecule has 0 aliphatic carbocycles. The lowest BCUT2D eigenvalue weighted by atomic mass is 9.89. The van der Waals surface area contributed by atoms with Crippen molar-refractivity contribution in [2.45, 2.75) is 31.8 Å². The van der Waals surface area contributed by atoms with E-state index in [1.54, 1.807) is 6.08 Å². The molecule has 6 heteroatoms. The summed E-state index contributed by atoms with van der Waals surface area (Å²) >= 11 is 0. The zero-order valence-corrected chi connectivity index (χ0v) is 19.1. The van der Waals surface area contributed by atoms with Crippen LogP contribution in [0.3, 0.4) is 0 Å². The number of nitrogens with one attached hydrogen (secondary N) is 1. The first-order valence-corrected chi connectivity index (χ1v) is 11.4. The van der Waals surface area contributed by atoms with E-state index in [-0.39, 0.29) is 0 Å². The van der Waals surface area contributed by atoms with E-state index in [0.29, 0.717) is 23.3 Å². The zero-order chi connectivity index (χ0) is 23.0. The average molecular weight is 441 g/mol. The third kappa shape index (κ3) is 6.43. The molecule has 0 bridgehead atoms. The number of anilines is 2. The summed E-state index contributed by atoms with van der Waals surface area (Å²) in [5.41, 5.74) is 15.1. The van der Waals surface area contributed by atoms with Crippen LogP contribution in [0.1, 0.15) is 42.6 Å². The van der Waals surface area contributed by atoms with Gasteiger partial charge in [-0.2, -0.15) is 0 Å². The molecule has 1 saturated heterocycles. The molecule has 33 heavy (non-hydrogen) atoms. The van der Waals surface area contributed by atoms with Gasteiger partial charge in [0.05, 0.1) is 6.17 Å². The maximum atomic E-state index is 6.17. The Labute approximate surface area is 196 Å². The van der Waals surface area contributed by atoms with Gasteiger partial charge in [0.1, 0.15) is 11.6 Å². The van der Waals surface area contributed by atoms with Crippen molar-refractivity contribution in [1.29, 1.82) is 0 Å². The fraction of sp³-hybridized carbons (Fsp3) is 0.259. The summed E-state index contributed by atoms with van der Waals surface area (Å²) in [5, 5.41) is 3.24. The smallest absolute Gasteiger partial charge is 0.156 e. The fourth-order valence-corrected chi connectivity index (χ4v) is 4.16. The Bertz CT molecular complexity index is 1080. The van der Waals surface area contributed by atoms with Gasteiger partial charge in [-0.05, 0) is 49.0 Å². The largest absolute Gasteiger partial charge is 0.402 e. The van der Waals surface area contributed by atoms with E-state index in [4.69, 9.17) is 16.5 Å². The number of allylic oxidation sites excluding steroid dienone is 1. The second-order valence-corrected chi connectivity index (χ2v) is 8.47. The number of piperidine rings is 1. The van der Waals surface area contributed by atoms with Crippen molar-refractivity contribution in [3.63, 3.8) is 0 Å². The Morgan fingerprint density at radius 2 is 1.67 bits per heavy atom. The number of aromatic nitrogens is 2. The van der Waals surface area contributed by atoms with Crippen LogP contribution in [0, 0.1) is 0 Å². The van der Waals surface area contributed by atoms with Crippen molar-refractivity contribution in [2.24, 2.45) is 11.5 Å². The monoisotopic (exact) mass is 440 g/mol. The molecule has 0 spiro atoms. The van der Waals surface area contributed by atoms with Crippen LogP contribution in [0.15, 0.2) is 78.5 Å². The number of hydrogen-bond donors (Lipinski definition) is 3. The van der Waals surface area contributed by atoms with Crippen molar-refractivity contribution < 1.29 is 0 Å². The standard InChI is InChI=1S/C27H32N6/c1-20(28)18-24(29)30-26-19-27(32-25(31-26)13-12-21-8-4-2-5-9-21)33-16-14-23(15-17-33)22-10-6-3-7-11-22/h2-13,18-19,23-24H,14-17,28-29H2,1H3,(H,30,31,32)/b13-12+,20-18-. The Balaban J connectivity index is 1.55. The van der Waals surface area contributed by atoms with Gasteiger partial charge < -0.3 is 21.7 Å². The van der Waals surface area contributed by atoms with Crippen LogP contribution in [0.4, 0.5) is 11.6 Å². The van der Waals surface area contributed by atoms with E-state index < -0.39 is 6.17 Å². The second-order valence-electron chi connectivity index (χ2n) is 8.47. The Hall–Kier alpha value is -3.64. The van der Waals surface area contributed by atoms with E-state index in [0.717, 1.165) is 37.3 Å². The maximum absolute atomic E-state index is 6.17. The quantitative estimate of drug-likeness (QED) is 0.465. The van der Waals surface area contributed by atoms with E-state index >= 15 is 0 Å². The highest BCUT2D eigenvalue weighted by molar-refractivity contribution is 5.68. The molecule has 1 unspecified atom stereocenters. The van der Waals surface area contributed by atoms with Crippen molar-refractivity contribution in [3.8, 4) is 0 Å². The minimum Gasteiger partial charge on any atom is -0.402 e. The molecule has 2 heterocycles. The van der Waals surface area contributed by atoms with Crippen molar-refractivity contribution >= 4 is 23.8 Å². The van der Waals surface area contributed by atoms with Gasteiger partial charge in [0.25, 0.3) is 0 Å². The molecule has 1 aromatic heterocycles. The van der Waals surface area contributed by atoms with E-state index in [1.165, 1.54) is 5.56 Å². The molecule has 3 aromatic rings. The SMILES string of the molecule is C/C(N)=C/C(N)Nc1cc(N2CCC(c3ccccc3)CC2)nc(/C=C/c2ccccc2)n1. The van der Waals surface area contributed by atoms with Gasteiger partial charge in [-0.1, -0.05) is 66.7 Å². The minimum atomic E-state index is -0.424. The first kappa shape index (κ1) is 22.6. The summed E-state index contributed by atoms with van der Waals surface area (Å²) in [6.45, 7) is 3.72. The predicted molar refractivity (Wildman–Crippen MR) is 138 cm³/mol. The summed E-state index contributed by atoms with van der Waals surface area (Å²) in [6, 6.07) is 22.9. The highest BCUT2D eigenvalue weighted by Gasteiger charge is 2.22. The third-order valence-electron chi connectivity index (χ3n) is 5.80. The molecule has 6 nitrogen and oxygen atoms in total. The van der Waals surface area contributed by atoms with Gasteiger partial charge in [-0.25, -0.2) is 9.97 Å². The molecule has 0 radical (unpaired) electrons. The predicted octanol–water partition coefficient (Wildman–Crippen LogP) is 4.59. The normalized spacial score (nSPS) is 16.2. The summed E-state index contributed by atoms with van der Waals surface area (Å²) in [6.07, 6.45) is 7.51. The summed E-state index contributed by atoms with van der Waals surface area (Å²) < 4.78 is 0. The van der Waals surface area contributed by atoms with Gasteiger partial charge in [0, 0.05) is 24.9 Å².